The molecule has 1 rings (SSSR count). The molecule has 1 atom stereocenters. The molecule has 1 aromatic rings. The lowest BCUT2D eigenvalue weighted by molar-refractivity contribution is -0.137. The Hall–Kier alpha value is -0.960. The maximum Gasteiger partial charge on any atom is 0.276 e. The fourth-order valence-electron chi connectivity index (χ4n) is 1.61. The lowest BCUT2D eigenvalue weighted by Crippen LogP contribution is -2.43. The maximum absolute atomic E-state index is 12.4. The van der Waals surface area contributed by atoms with Gasteiger partial charge in [0, 0.05) is 19.8 Å². The molecule has 6 nitrogen and oxygen atoms in total. The fraction of sp³-hybridized carbons (Fsp3) is 0.583. The van der Waals surface area contributed by atoms with E-state index in [-0.39, 0.29) is 23.8 Å². The number of thiophene rings is 1. The number of hydrogen-bond acceptors (Lipinski definition) is 6. The summed E-state index contributed by atoms with van der Waals surface area (Å²) >= 11 is 1.05. The third-order valence-electron chi connectivity index (χ3n) is 2.57. The fourth-order valence-corrected chi connectivity index (χ4v) is 4.20. The highest BCUT2D eigenvalue weighted by atomic mass is 32.2. The van der Waals surface area contributed by atoms with Crippen LogP contribution in [-0.4, -0.2) is 49.6 Å². The minimum absolute atomic E-state index is 0.0625. The molecule has 1 aromatic heterocycles. The van der Waals surface area contributed by atoms with Crippen molar-refractivity contribution < 1.29 is 23.1 Å². The van der Waals surface area contributed by atoms with Gasteiger partial charge in [0.15, 0.2) is 0 Å². The first-order valence-corrected chi connectivity index (χ1v) is 8.59. The highest BCUT2D eigenvalue weighted by Crippen LogP contribution is 2.22. The van der Waals surface area contributed by atoms with E-state index in [1.807, 2.05) is 0 Å². The van der Waals surface area contributed by atoms with Crippen molar-refractivity contribution in [1.82, 2.24) is 4.31 Å². The number of carbonyl (C=O) groups excluding carboxylic acids is 1. The average Bonchev–Trinajstić information content (AvgIpc) is 2.93. The van der Waals surface area contributed by atoms with Crippen LogP contribution in [0, 0.1) is 0 Å². The first-order chi connectivity index (χ1) is 9.45. The molecule has 0 aliphatic rings. The molecule has 0 radical (unpaired) electrons. The molecule has 8 heteroatoms. The van der Waals surface area contributed by atoms with Gasteiger partial charge in [-0.15, -0.1) is 11.3 Å². The van der Waals surface area contributed by atoms with Crippen LogP contribution < -0.4 is 0 Å². The predicted molar refractivity (Wildman–Crippen MR) is 76.0 cm³/mol. The number of rotatable bonds is 8. The van der Waals surface area contributed by atoms with Gasteiger partial charge in [0.2, 0.25) is 0 Å². The molecular formula is C12H19NO5S2. The van der Waals surface area contributed by atoms with Crippen molar-refractivity contribution in [2.75, 3.05) is 19.8 Å². The molecule has 0 spiro atoms. The van der Waals surface area contributed by atoms with Crippen molar-refractivity contribution >= 4 is 27.3 Å². The second-order valence-electron chi connectivity index (χ2n) is 4.02. The summed E-state index contributed by atoms with van der Waals surface area (Å²) in [6, 6.07) is 3.06. The van der Waals surface area contributed by atoms with Crippen molar-refractivity contribution in [2.24, 2.45) is 0 Å². The summed E-state index contributed by atoms with van der Waals surface area (Å²) in [7, 11) is -3.88. The summed E-state index contributed by atoms with van der Waals surface area (Å²) in [6.45, 7) is 3.32. The Morgan fingerprint density at radius 3 is 2.75 bits per heavy atom. The van der Waals surface area contributed by atoms with Crippen LogP contribution in [0.5, 0.6) is 0 Å². The number of aliphatic hydroxyl groups excluding tert-OH is 1. The molecule has 1 heterocycles. The molecular weight excluding hydrogens is 302 g/mol. The number of aliphatic hydroxyl groups is 1. The first-order valence-electron chi connectivity index (χ1n) is 6.27. The lowest BCUT2D eigenvalue weighted by Gasteiger charge is -2.24. The Morgan fingerprint density at radius 2 is 2.25 bits per heavy atom. The summed E-state index contributed by atoms with van der Waals surface area (Å²) in [6.07, 6.45) is -0.650. The minimum atomic E-state index is -3.88. The van der Waals surface area contributed by atoms with E-state index in [1.165, 1.54) is 13.0 Å². The van der Waals surface area contributed by atoms with Gasteiger partial charge in [0.05, 0.1) is 0 Å². The predicted octanol–water partition coefficient (Wildman–Crippen LogP) is 1.07. The number of nitrogens with zero attached hydrogens (tertiary/aromatic N) is 1. The average molecular weight is 321 g/mol. The van der Waals surface area contributed by atoms with Gasteiger partial charge >= 0.3 is 0 Å². The van der Waals surface area contributed by atoms with Crippen molar-refractivity contribution in [2.45, 2.75) is 30.6 Å². The highest BCUT2D eigenvalue weighted by Gasteiger charge is 2.32. The lowest BCUT2D eigenvalue weighted by atomic mass is 10.3. The van der Waals surface area contributed by atoms with Crippen LogP contribution in [0.3, 0.4) is 0 Å². The SMILES string of the molecule is CCO[C@H](C)C(=O)N(CCCO)S(=O)(=O)c1cccs1. The third kappa shape index (κ3) is 4.02. The van der Waals surface area contributed by atoms with E-state index in [9.17, 15) is 13.2 Å². The topological polar surface area (TPSA) is 83.9 Å². The molecule has 0 aliphatic heterocycles. The van der Waals surface area contributed by atoms with E-state index >= 15 is 0 Å². The zero-order chi connectivity index (χ0) is 15.2. The number of amides is 1. The Labute approximate surface area is 123 Å². The Morgan fingerprint density at radius 1 is 1.55 bits per heavy atom. The summed E-state index contributed by atoms with van der Waals surface area (Å²) in [5.41, 5.74) is 0. The molecule has 0 aliphatic carbocycles. The minimum Gasteiger partial charge on any atom is -0.396 e. The van der Waals surface area contributed by atoms with E-state index in [4.69, 9.17) is 9.84 Å². The van der Waals surface area contributed by atoms with E-state index in [2.05, 4.69) is 0 Å². The number of carbonyl (C=O) groups is 1. The summed E-state index contributed by atoms with van der Waals surface area (Å²) in [4.78, 5) is 12.2. The maximum atomic E-state index is 12.4. The monoisotopic (exact) mass is 321 g/mol. The van der Waals surface area contributed by atoms with Crippen LogP contribution >= 0.6 is 11.3 Å². The molecule has 0 bridgehead atoms. The smallest absolute Gasteiger partial charge is 0.276 e. The summed E-state index contributed by atoms with van der Waals surface area (Å²) < 4.78 is 30.9. The molecule has 0 aromatic carbocycles. The molecule has 114 valence electrons. The van der Waals surface area contributed by atoms with E-state index < -0.39 is 22.0 Å². The largest absolute Gasteiger partial charge is 0.396 e. The van der Waals surface area contributed by atoms with Gasteiger partial charge in [0.25, 0.3) is 15.9 Å². The van der Waals surface area contributed by atoms with Crippen LogP contribution in [0.15, 0.2) is 21.7 Å². The van der Waals surface area contributed by atoms with Gasteiger partial charge in [-0.25, -0.2) is 12.7 Å². The molecule has 0 unspecified atom stereocenters. The van der Waals surface area contributed by atoms with E-state index in [0.717, 1.165) is 15.6 Å². The van der Waals surface area contributed by atoms with E-state index in [1.54, 1.807) is 18.4 Å². The first kappa shape index (κ1) is 17.1. The molecule has 20 heavy (non-hydrogen) atoms. The van der Waals surface area contributed by atoms with E-state index in [0.29, 0.717) is 6.61 Å². The normalized spacial score (nSPS) is 13.2. The van der Waals surface area contributed by atoms with Gasteiger partial charge in [-0.2, -0.15) is 0 Å². The number of ether oxygens (including phenoxy) is 1. The van der Waals surface area contributed by atoms with Crippen LogP contribution in [-0.2, 0) is 19.6 Å². The molecule has 0 fully saturated rings. The third-order valence-corrected chi connectivity index (χ3v) is 5.74. The van der Waals surface area contributed by atoms with Gasteiger partial charge < -0.3 is 9.84 Å². The van der Waals surface area contributed by atoms with Crippen molar-refractivity contribution in [3.05, 3.63) is 17.5 Å². The second kappa shape index (κ2) is 7.72. The second-order valence-corrected chi connectivity index (χ2v) is 7.06. The summed E-state index contributed by atoms with van der Waals surface area (Å²) in [5, 5.41) is 10.5. The highest BCUT2D eigenvalue weighted by molar-refractivity contribution is 7.91. The van der Waals surface area contributed by atoms with Gasteiger partial charge in [-0.05, 0) is 31.7 Å². The zero-order valence-electron chi connectivity index (χ0n) is 11.5. The Balaban J connectivity index is 3.03. The molecule has 1 N–H and O–H groups in total. The number of hydrogen-bond donors (Lipinski definition) is 1. The molecule has 1 amide bonds. The van der Waals surface area contributed by atoms with Gasteiger partial charge in [-0.3, -0.25) is 4.79 Å². The quantitative estimate of drug-likeness (QED) is 0.774. The Kier molecular flexibility index (Phi) is 6.60. The standard InChI is InChI=1S/C12H19NO5S2/c1-3-18-10(2)12(15)13(7-5-8-14)20(16,17)11-6-4-9-19-11/h4,6,9-10,14H,3,5,7-8H2,1-2H3/t10-/m1/s1. The van der Waals surface area contributed by atoms with Crippen LogP contribution in [0.1, 0.15) is 20.3 Å². The van der Waals surface area contributed by atoms with Gasteiger partial charge in [0.1, 0.15) is 10.3 Å². The number of sulfonamides is 1. The van der Waals surface area contributed by atoms with Crippen LogP contribution in [0.4, 0.5) is 0 Å². The van der Waals surface area contributed by atoms with Crippen molar-refractivity contribution in [1.29, 1.82) is 0 Å². The van der Waals surface area contributed by atoms with Crippen molar-refractivity contribution in [3.8, 4) is 0 Å². The van der Waals surface area contributed by atoms with Gasteiger partial charge in [-0.1, -0.05) is 6.07 Å². The zero-order valence-corrected chi connectivity index (χ0v) is 13.1. The molecule has 0 saturated carbocycles. The summed E-state index contributed by atoms with van der Waals surface area (Å²) in [5.74, 6) is -0.617. The molecule has 0 saturated heterocycles. The van der Waals surface area contributed by atoms with Crippen molar-refractivity contribution in [3.63, 3.8) is 0 Å². The van der Waals surface area contributed by atoms with Crippen LogP contribution in [0.2, 0.25) is 0 Å². The Bertz CT molecular complexity index is 512. The van der Waals surface area contributed by atoms with Crippen LogP contribution in [0.25, 0.3) is 0 Å².